The zero-order valence-corrected chi connectivity index (χ0v) is 12.2. The molecule has 1 aromatic carbocycles. The van der Waals surface area contributed by atoms with Gasteiger partial charge < -0.3 is 15.0 Å². The van der Waals surface area contributed by atoms with Crippen LogP contribution in [-0.4, -0.2) is 28.9 Å². The second-order valence-corrected chi connectivity index (χ2v) is 5.21. The summed E-state index contributed by atoms with van der Waals surface area (Å²) in [6.45, 7) is -1.45. The lowest BCUT2D eigenvalue weighted by molar-refractivity contribution is -0.174. The minimum Gasteiger partial charge on any atom is -0.370 e. The van der Waals surface area contributed by atoms with Gasteiger partial charge >= 0.3 is 6.18 Å². The number of aromatic nitrogens is 2. The third-order valence-corrected chi connectivity index (χ3v) is 3.37. The highest BCUT2D eigenvalue weighted by Crippen LogP contribution is 2.23. The van der Waals surface area contributed by atoms with Crippen molar-refractivity contribution < 1.29 is 22.3 Å². The van der Waals surface area contributed by atoms with Gasteiger partial charge in [-0.3, -0.25) is 0 Å². The highest BCUT2D eigenvalue weighted by molar-refractivity contribution is 14.1. The van der Waals surface area contributed by atoms with E-state index in [0.29, 0.717) is 14.6 Å². The van der Waals surface area contributed by atoms with Crippen molar-refractivity contribution in [2.24, 2.45) is 0 Å². The molecule has 0 saturated heterocycles. The first kappa shape index (κ1) is 15.3. The molecule has 0 amide bonds. The molecule has 20 heavy (non-hydrogen) atoms. The number of imidazole rings is 1. The fourth-order valence-electron chi connectivity index (χ4n) is 1.72. The van der Waals surface area contributed by atoms with E-state index in [2.05, 4.69) is 9.72 Å². The number of hydrogen-bond donors (Lipinski definition) is 1. The number of nitrogens with zero attached hydrogens (tertiary/aromatic N) is 2. The standard InChI is InChI=1S/C11H10F4IN3O/c12-6-3-9-8(4-7(6)16)18-10(17)19(9)1-2-20-5-11(13,14)15/h3-4H,1-2,5H2,(H2,17,18). The van der Waals surface area contributed by atoms with E-state index in [4.69, 9.17) is 5.73 Å². The predicted octanol–water partition coefficient (Wildman–Crippen LogP) is 2.94. The molecule has 4 nitrogen and oxygen atoms in total. The van der Waals surface area contributed by atoms with Crippen LogP contribution in [0.2, 0.25) is 0 Å². The molecule has 0 radical (unpaired) electrons. The van der Waals surface area contributed by atoms with Gasteiger partial charge in [0.05, 0.1) is 21.2 Å². The quantitative estimate of drug-likeness (QED) is 0.486. The van der Waals surface area contributed by atoms with E-state index in [0.717, 1.165) is 0 Å². The molecule has 2 rings (SSSR count). The fraction of sp³-hybridized carbons (Fsp3) is 0.364. The third-order valence-electron chi connectivity index (χ3n) is 2.54. The van der Waals surface area contributed by atoms with E-state index in [-0.39, 0.29) is 19.1 Å². The summed E-state index contributed by atoms with van der Waals surface area (Å²) in [5, 5.41) is 0. The average molecular weight is 403 g/mol. The van der Waals surface area contributed by atoms with Gasteiger partial charge in [-0.25, -0.2) is 9.37 Å². The van der Waals surface area contributed by atoms with Crippen LogP contribution in [0.1, 0.15) is 0 Å². The molecule has 1 aromatic heterocycles. The van der Waals surface area contributed by atoms with Crippen LogP contribution in [-0.2, 0) is 11.3 Å². The van der Waals surface area contributed by atoms with Gasteiger partial charge in [-0.2, -0.15) is 13.2 Å². The predicted molar refractivity (Wildman–Crippen MR) is 73.7 cm³/mol. The number of nitrogens with two attached hydrogens (primary N) is 1. The smallest absolute Gasteiger partial charge is 0.370 e. The Hall–Kier alpha value is -1.10. The Morgan fingerprint density at radius 3 is 2.70 bits per heavy atom. The SMILES string of the molecule is Nc1nc2cc(I)c(F)cc2n1CCOCC(F)(F)F. The molecule has 0 spiro atoms. The number of benzene rings is 1. The van der Waals surface area contributed by atoms with Crippen LogP contribution in [0, 0.1) is 9.39 Å². The van der Waals surface area contributed by atoms with Crippen molar-refractivity contribution in [1.29, 1.82) is 0 Å². The van der Waals surface area contributed by atoms with Gasteiger partial charge in [-0.1, -0.05) is 0 Å². The Kier molecular flexibility index (Phi) is 4.37. The van der Waals surface area contributed by atoms with E-state index in [1.165, 1.54) is 16.7 Å². The molecule has 0 atom stereocenters. The van der Waals surface area contributed by atoms with Crippen molar-refractivity contribution in [3.8, 4) is 0 Å². The summed E-state index contributed by atoms with van der Waals surface area (Å²) < 4.78 is 55.6. The van der Waals surface area contributed by atoms with E-state index in [1.54, 1.807) is 0 Å². The zero-order valence-electron chi connectivity index (χ0n) is 10.0. The minimum atomic E-state index is -4.37. The molecule has 0 aliphatic carbocycles. The lowest BCUT2D eigenvalue weighted by Crippen LogP contribution is -2.19. The van der Waals surface area contributed by atoms with Crippen molar-refractivity contribution in [3.05, 3.63) is 21.5 Å². The fourth-order valence-corrected chi connectivity index (χ4v) is 2.17. The summed E-state index contributed by atoms with van der Waals surface area (Å²) in [6.07, 6.45) is -4.37. The first-order chi connectivity index (χ1) is 9.28. The van der Waals surface area contributed by atoms with Crippen LogP contribution in [0.5, 0.6) is 0 Å². The molecule has 0 bridgehead atoms. The average Bonchev–Trinajstić information content (AvgIpc) is 2.60. The summed E-state index contributed by atoms with van der Waals surface area (Å²) in [4.78, 5) is 4.03. The van der Waals surface area contributed by atoms with Crippen LogP contribution in [0.25, 0.3) is 11.0 Å². The normalized spacial score (nSPS) is 12.2. The molecule has 2 N–H and O–H groups in total. The first-order valence-electron chi connectivity index (χ1n) is 5.53. The van der Waals surface area contributed by atoms with Crippen molar-refractivity contribution in [1.82, 2.24) is 9.55 Å². The molecule has 0 aliphatic rings. The van der Waals surface area contributed by atoms with E-state index < -0.39 is 18.6 Å². The van der Waals surface area contributed by atoms with Gasteiger partial charge in [0, 0.05) is 12.6 Å². The molecule has 110 valence electrons. The molecular weight excluding hydrogens is 393 g/mol. The maximum Gasteiger partial charge on any atom is 0.411 e. The van der Waals surface area contributed by atoms with Gasteiger partial charge in [0.15, 0.2) is 0 Å². The number of hydrogen-bond acceptors (Lipinski definition) is 3. The summed E-state index contributed by atoms with van der Waals surface area (Å²) >= 11 is 1.82. The van der Waals surface area contributed by atoms with E-state index in [9.17, 15) is 17.6 Å². The molecule has 0 unspecified atom stereocenters. The first-order valence-corrected chi connectivity index (χ1v) is 6.61. The van der Waals surface area contributed by atoms with Crippen molar-refractivity contribution in [3.63, 3.8) is 0 Å². The van der Waals surface area contributed by atoms with E-state index >= 15 is 0 Å². The summed E-state index contributed by atoms with van der Waals surface area (Å²) in [6, 6.07) is 2.78. The molecule has 0 fully saturated rings. The molecule has 9 heteroatoms. The minimum absolute atomic E-state index is 0.0679. The lowest BCUT2D eigenvalue weighted by Gasteiger charge is -2.09. The van der Waals surface area contributed by atoms with Crippen molar-refractivity contribution in [2.45, 2.75) is 12.7 Å². The number of nitrogen functional groups attached to an aromatic ring is 1. The molecular formula is C11H10F4IN3O. The second kappa shape index (κ2) is 5.72. The number of fused-ring (bicyclic) bond motifs is 1. The molecule has 0 aliphatic heterocycles. The number of ether oxygens (including phenoxy) is 1. The summed E-state index contributed by atoms with van der Waals surface area (Å²) in [5.74, 6) is -0.326. The molecule has 2 aromatic rings. The number of halogens is 5. The largest absolute Gasteiger partial charge is 0.411 e. The molecule has 0 saturated carbocycles. The topological polar surface area (TPSA) is 53.1 Å². The van der Waals surface area contributed by atoms with Crippen molar-refractivity contribution in [2.75, 3.05) is 18.9 Å². The van der Waals surface area contributed by atoms with Crippen LogP contribution < -0.4 is 5.73 Å². The van der Waals surface area contributed by atoms with Gasteiger partial charge in [0.25, 0.3) is 0 Å². The van der Waals surface area contributed by atoms with E-state index in [1.807, 2.05) is 22.6 Å². The highest BCUT2D eigenvalue weighted by atomic mass is 127. The Morgan fingerprint density at radius 1 is 1.35 bits per heavy atom. The van der Waals surface area contributed by atoms with Gasteiger partial charge in [0.1, 0.15) is 12.4 Å². The second-order valence-electron chi connectivity index (χ2n) is 4.04. The maximum atomic E-state index is 13.5. The Balaban J connectivity index is 2.14. The summed E-state index contributed by atoms with van der Waals surface area (Å²) in [7, 11) is 0. The van der Waals surface area contributed by atoms with Crippen LogP contribution in [0.3, 0.4) is 0 Å². The van der Waals surface area contributed by atoms with Crippen LogP contribution >= 0.6 is 22.6 Å². The summed E-state index contributed by atoms with van der Waals surface area (Å²) in [5.41, 5.74) is 6.59. The Bertz CT molecular complexity index is 626. The van der Waals surface area contributed by atoms with Crippen LogP contribution in [0.15, 0.2) is 12.1 Å². The van der Waals surface area contributed by atoms with Crippen LogP contribution in [0.4, 0.5) is 23.5 Å². The van der Waals surface area contributed by atoms with Gasteiger partial charge in [-0.15, -0.1) is 0 Å². The number of rotatable bonds is 4. The van der Waals surface area contributed by atoms with Gasteiger partial charge in [0.2, 0.25) is 5.95 Å². The lowest BCUT2D eigenvalue weighted by atomic mass is 10.3. The number of alkyl halides is 3. The third kappa shape index (κ3) is 3.51. The van der Waals surface area contributed by atoms with Crippen molar-refractivity contribution >= 4 is 39.6 Å². The monoisotopic (exact) mass is 403 g/mol. The Labute approximate surface area is 125 Å². The number of anilines is 1. The van der Waals surface area contributed by atoms with Gasteiger partial charge in [-0.05, 0) is 28.7 Å². The molecule has 1 heterocycles. The zero-order chi connectivity index (χ0) is 14.9. The highest BCUT2D eigenvalue weighted by Gasteiger charge is 2.27. The Morgan fingerprint density at radius 2 is 2.05 bits per heavy atom. The maximum absolute atomic E-state index is 13.5.